The number of nitrogens with zero attached hydrogens (tertiary/aromatic N) is 1. The van der Waals surface area contributed by atoms with Crippen molar-refractivity contribution in [3.8, 4) is 17.2 Å². The quantitative estimate of drug-likeness (QED) is 0.386. The van der Waals surface area contributed by atoms with Gasteiger partial charge >= 0.3 is 0 Å². The van der Waals surface area contributed by atoms with E-state index in [1.807, 2.05) is 12.1 Å². The summed E-state index contributed by atoms with van der Waals surface area (Å²) < 4.78 is 16.5. The number of nitrogens with one attached hydrogen (secondary N) is 1. The summed E-state index contributed by atoms with van der Waals surface area (Å²) in [7, 11) is 4.94. The minimum absolute atomic E-state index is 0. The number of benzene rings is 2. The van der Waals surface area contributed by atoms with E-state index in [0.29, 0.717) is 17.9 Å². The van der Waals surface area contributed by atoms with E-state index in [9.17, 15) is 0 Å². The summed E-state index contributed by atoms with van der Waals surface area (Å²) >= 11 is 1.67. The molecule has 0 amide bonds. The second-order valence-electron chi connectivity index (χ2n) is 8.23. The van der Waals surface area contributed by atoms with Gasteiger partial charge in [0.2, 0.25) is 0 Å². The van der Waals surface area contributed by atoms with Crippen molar-refractivity contribution >= 4 is 39.1 Å². The number of aromatic nitrogens is 1. The van der Waals surface area contributed by atoms with Gasteiger partial charge in [-0.05, 0) is 25.1 Å². The van der Waals surface area contributed by atoms with Crippen molar-refractivity contribution in [1.29, 1.82) is 0 Å². The second-order valence-corrected chi connectivity index (χ2v) is 9.31. The van der Waals surface area contributed by atoms with Gasteiger partial charge in [-0.15, -0.1) is 28.3 Å². The SMILES string of the molecule is Br.COc1cc(OC)c(OC)cc1Cc1sc(Nc2ccc(C)cc2)nc1C(C)(C)C. The molecular weight excluding hydrogens is 476 g/mol. The molecule has 0 aliphatic carbocycles. The van der Waals surface area contributed by atoms with E-state index in [0.717, 1.165) is 27.8 Å². The fourth-order valence-corrected chi connectivity index (χ4v) is 4.49. The lowest BCUT2D eigenvalue weighted by Crippen LogP contribution is -2.14. The average molecular weight is 507 g/mol. The average Bonchev–Trinajstić information content (AvgIpc) is 3.12. The number of aryl methyl sites for hydroxylation is 1. The van der Waals surface area contributed by atoms with Crippen LogP contribution in [-0.2, 0) is 11.8 Å². The number of anilines is 2. The third-order valence-corrected chi connectivity index (χ3v) is 5.82. The third-order valence-electron chi connectivity index (χ3n) is 4.85. The van der Waals surface area contributed by atoms with Crippen molar-refractivity contribution in [1.82, 2.24) is 4.98 Å². The second kappa shape index (κ2) is 10.4. The standard InChI is InChI=1S/C24H30N2O3S.BrH/c1-15-8-10-17(11-9-15)25-23-26-22(24(2,3)4)21(30-23)13-16-12-19(28-6)20(29-7)14-18(16)27-5;/h8-12,14H,13H2,1-7H3,(H,25,26);1H. The van der Waals surface area contributed by atoms with Crippen LogP contribution in [0.5, 0.6) is 17.2 Å². The molecule has 0 atom stereocenters. The number of hydrogen-bond acceptors (Lipinski definition) is 6. The molecule has 0 saturated carbocycles. The summed E-state index contributed by atoms with van der Waals surface area (Å²) in [6.45, 7) is 8.65. The first-order valence-corrected chi connectivity index (χ1v) is 10.7. The topological polar surface area (TPSA) is 52.6 Å². The van der Waals surface area contributed by atoms with Gasteiger partial charge in [-0.3, -0.25) is 0 Å². The molecule has 0 spiro atoms. The highest BCUT2D eigenvalue weighted by Crippen LogP contribution is 2.39. The van der Waals surface area contributed by atoms with Crippen LogP contribution in [0.2, 0.25) is 0 Å². The first-order valence-electron chi connectivity index (χ1n) is 9.88. The Hall–Kier alpha value is -2.25. The highest BCUT2D eigenvalue weighted by molar-refractivity contribution is 8.93. The molecule has 7 heteroatoms. The van der Waals surface area contributed by atoms with Gasteiger partial charge in [0.25, 0.3) is 0 Å². The van der Waals surface area contributed by atoms with Gasteiger partial charge in [0.1, 0.15) is 5.75 Å². The summed E-state index contributed by atoms with van der Waals surface area (Å²) in [5.74, 6) is 2.11. The normalized spacial score (nSPS) is 10.9. The summed E-state index contributed by atoms with van der Waals surface area (Å²) in [6, 6.07) is 12.2. The summed E-state index contributed by atoms with van der Waals surface area (Å²) in [6.07, 6.45) is 0.698. The highest BCUT2D eigenvalue weighted by atomic mass is 79.9. The van der Waals surface area contributed by atoms with E-state index < -0.39 is 0 Å². The molecular formula is C24H31BrN2O3S. The largest absolute Gasteiger partial charge is 0.496 e. The Morgan fingerprint density at radius 3 is 2.03 bits per heavy atom. The van der Waals surface area contributed by atoms with E-state index in [2.05, 4.69) is 57.3 Å². The number of halogens is 1. The van der Waals surface area contributed by atoms with Crippen LogP contribution in [-0.4, -0.2) is 26.3 Å². The molecule has 3 rings (SSSR count). The molecule has 0 unspecified atom stereocenters. The Balaban J connectivity index is 0.00000341. The van der Waals surface area contributed by atoms with Crippen molar-refractivity contribution in [2.45, 2.75) is 39.5 Å². The van der Waals surface area contributed by atoms with Gasteiger partial charge in [0.15, 0.2) is 16.6 Å². The summed E-state index contributed by atoms with van der Waals surface area (Å²) in [4.78, 5) is 6.13. The van der Waals surface area contributed by atoms with Crippen molar-refractivity contribution in [2.24, 2.45) is 0 Å². The highest BCUT2D eigenvalue weighted by Gasteiger charge is 2.25. The van der Waals surface area contributed by atoms with Gasteiger partial charge in [0.05, 0.1) is 27.0 Å². The molecule has 0 radical (unpaired) electrons. The zero-order valence-corrected chi connectivity index (χ0v) is 21.7. The van der Waals surface area contributed by atoms with Gasteiger partial charge < -0.3 is 19.5 Å². The van der Waals surface area contributed by atoms with Crippen LogP contribution in [0.1, 0.15) is 42.5 Å². The van der Waals surface area contributed by atoms with E-state index >= 15 is 0 Å². The summed E-state index contributed by atoms with van der Waals surface area (Å²) in [5, 5.41) is 4.34. The van der Waals surface area contributed by atoms with Gasteiger partial charge in [-0.25, -0.2) is 4.98 Å². The van der Waals surface area contributed by atoms with Gasteiger partial charge in [-0.1, -0.05) is 38.5 Å². The maximum Gasteiger partial charge on any atom is 0.187 e. The predicted octanol–water partition coefficient (Wildman–Crippen LogP) is 6.69. The molecule has 2 aromatic carbocycles. The number of methoxy groups -OCH3 is 3. The maximum atomic E-state index is 5.63. The van der Waals surface area contributed by atoms with Crippen LogP contribution in [0.3, 0.4) is 0 Å². The Kier molecular flexibility index (Phi) is 8.37. The van der Waals surface area contributed by atoms with Gasteiger partial charge in [0, 0.05) is 34.0 Å². The fourth-order valence-electron chi connectivity index (χ4n) is 3.27. The van der Waals surface area contributed by atoms with Crippen LogP contribution < -0.4 is 19.5 Å². The molecule has 168 valence electrons. The van der Waals surface area contributed by atoms with Crippen molar-refractivity contribution in [3.63, 3.8) is 0 Å². The Morgan fingerprint density at radius 1 is 0.903 bits per heavy atom. The Bertz CT molecular complexity index is 1010. The minimum atomic E-state index is -0.0805. The molecule has 0 fully saturated rings. The van der Waals surface area contributed by atoms with Crippen LogP contribution in [0.15, 0.2) is 36.4 Å². The number of thiazole rings is 1. The summed E-state index contributed by atoms with van der Waals surface area (Å²) in [5.41, 5.74) is 4.30. The number of hydrogen-bond donors (Lipinski definition) is 1. The molecule has 1 heterocycles. The zero-order chi connectivity index (χ0) is 21.9. The molecule has 31 heavy (non-hydrogen) atoms. The molecule has 0 aliphatic heterocycles. The first kappa shape index (κ1) is 25.0. The van der Waals surface area contributed by atoms with Crippen molar-refractivity contribution in [3.05, 3.63) is 58.1 Å². The Labute approximate surface area is 199 Å². The molecule has 1 N–H and O–H groups in total. The van der Waals surface area contributed by atoms with Crippen molar-refractivity contribution in [2.75, 3.05) is 26.6 Å². The number of ether oxygens (including phenoxy) is 3. The first-order chi connectivity index (χ1) is 14.2. The van der Waals surface area contributed by atoms with E-state index in [1.54, 1.807) is 32.7 Å². The zero-order valence-electron chi connectivity index (χ0n) is 19.2. The van der Waals surface area contributed by atoms with Crippen molar-refractivity contribution < 1.29 is 14.2 Å². The lowest BCUT2D eigenvalue weighted by atomic mass is 9.90. The minimum Gasteiger partial charge on any atom is -0.496 e. The molecule has 0 saturated heterocycles. The predicted molar refractivity (Wildman–Crippen MR) is 135 cm³/mol. The molecule has 0 bridgehead atoms. The van der Waals surface area contributed by atoms with Crippen LogP contribution in [0, 0.1) is 6.92 Å². The monoisotopic (exact) mass is 506 g/mol. The smallest absolute Gasteiger partial charge is 0.187 e. The van der Waals surface area contributed by atoms with Crippen LogP contribution in [0.4, 0.5) is 10.8 Å². The Morgan fingerprint density at radius 2 is 1.48 bits per heavy atom. The molecule has 5 nitrogen and oxygen atoms in total. The lowest BCUT2D eigenvalue weighted by molar-refractivity contribution is 0.348. The maximum absolute atomic E-state index is 5.63. The lowest BCUT2D eigenvalue weighted by Gasteiger charge is -2.19. The molecule has 1 aromatic heterocycles. The molecule has 0 aliphatic rings. The van der Waals surface area contributed by atoms with E-state index in [1.165, 1.54) is 10.4 Å². The van der Waals surface area contributed by atoms with E-state index in [4.69, 9.17) is 19.2 Å². The number of rotatable bonds is 7. The van der Waals surface area contributed by atoms with E-state index in [-0.39, 0.29) is 22.4 Å². The van der Waals surface area contributed by atoms with Crippen LogP contribution in [0.25, 0.3) is 0 Å². The molecule has 3 aromatic rings. The van der Waals surface area contributed by atoms with Crippen LogP contribution >= 0.6 is 28.3 Å². The third kappa shape index (κ3) is 5.92. The van der Waals surface area contributed by atoms with Gasteiger partial charge in [-0.2, -0.15) is 0 Å². The fraction of sp³-hybridized carbons (Fsp3) is 0.375.